The van der Waals surface area contributed by atoms with E-state index < -0.39 is 21.7 Å². The lowest BCUT2D eigenvalue weighted by Crippen LogP contribution is -2.15. The van der Waals surface area contributed by atoms with Gasteiger partial charge in [0.25, 0.3) is 15.9 Å². The van der Waals surface area contributed by atoms with Crippen molar-refractivity contribution in [1.82, 2.24) is 0 Å². The van der Waals surface area contributed by atoms with Crippen molar-refractivity contribution in [2.75, 3.05) is 10.0 Å². The summed E-state index contributed by atoms with van der Waals surface area (Å²) in [7, 11) is -3.92. The summed E-state index contributed by atoms with van der Waals surface area (Å²) in [6.07, 6.45) is 0. The van der Waals surface area contributed by atoms with Crippen LogP contribution in [0.4, 0.5) is 15.1 Å². The maximum atomic E-state index is 13.0. The molecule has 2 aromatic carbocycles. The van der Waals surface area contributed by atoms with Crippen LogP contribution in [0, 0.1) is 17.1 Å². The molecule has 0 bridgehead atoms. The lowest BCUT2D eigenvalue weighted by atomic mass is 10.2. The highest BCUT2D eigenvalue weighted by atomic mass is 32.2. The van der Waals surface area contributed by atoms with Crippen molar-refractivity contribution in [2.24, 2.45) is 0 Å². The molecule has 27 heavy (non-hydrogen) atoms. The Kier molecular flexibility index (Phi) is 5.21. The van der Waals surface area contributed by atoms with Gasteiger partial charge in [-0.15, -0.1) is 11.3 Å². The average Bonchev–Trinajstić information content (AvgIpc) is 3.09. The Balaban J connectivity index is 1.80. The molecule has 2 N–H and O–H groups in total. The highest BCUT2D eigenvalue weighted by Gasteiger charge is 2.16. The smallest absolute Gasteiger partial charge is 0.261 e. The Labute approximate surface area is 158 Å². The predicted octanol–water partition coefficient (Wildman–Crippen LogP) is 3.81. The lowest BCUT2D eigenvalue weighted by molar-refractivity contribution is 0.102. The molecule has 0 saturated heterocycles. The van der Waals surface area contributed by atoms with E-state index >= 15 is 0 Å². The van der Waals surface area contributed by atoms with E-state index in [2.05, 4.69) is 10.0 Å². The normalized spacial score (nSPS) is 10.8. The van der Waals surface area contributed by atoms with Crippen LogP contribution in [-0.4, -0.2) is 14.3 Å². The molecule has 3 rings (SSSR count). The fourth-order valence-electron chi connectivity index (χ4n) is 2.22. The van der Waals surface area contributed by atoms with Gasteiger partial charge in [0.1, 0.15) is 16.9 Å². The fourth-order valence-corrected chi connectivity index (χ4v) is 4.00. The number of thiophene rings is 1. The molecule has 0 radical (unpaired) electrons. The number of nitriles is 1. The van der Waals surface area contributed by atoms with Gasteiger partial charge in [0, 0.05) is 11.3 Å². The molecule has 0 aliphatic rings. The van der Waals surface area contributed by atoms with Crippen molar-refractivity contribution in [1.29, 1.82) is 5.26 Å². The molecule has 0 saturated carbocycles. The highest BCUT2D eigenvalue weighted by molar-refractivity contribution is 7.92. The third-order valence-electron chi connectivity index (χ3n) is 3.51. The summed E-state index contributed by atoms with van der Waals surface area (Å²) < 4.78 is 40.1. The molecule has 6 nitrogen and oxygen atoms in total. The van der Waals surface area contributed by atoms with E-state index in [0.29, 0.717) is 10.6 Å². The van der Waals surface area contributed by atoms with Crippen molar-refractivity contribution in [3.05, 3.63) is 76.9 Å². The molecule has 0 aliphatic carbocycles. The number of hydrogen-bond donors (Lipinski definition) is 2. The largest absolute Gasteiger partial charge is 0.312 e. The average molecular weight is 401 g/mol. The van der Waals surface area contributed by atoms with Crippen LogP contribution in [-0.2, 0) is 10.0 Å². The summed E-state index contributed by atoms with van der Waals surface area (Å²) in [5, 5.41) is 13.7. The standard InChI is InChI=1S/C18H12FN3O3S2/c19-14-4-6-16(7-5-14)27(24,25)22-15-3-1-2-12(10-15)17(23)21-18-13(11-20)8-9-26-18/h1-10,22H,(H,21,23). The van der Waals surface area contributed by atoms with Crippen LogP contribution in [0.3, 0.4) is 0 Å². The van der Waals surface area contributed by atoms with Gasteiger partial charge in [-0.2, -0.15) is 5.26 Å². The van der Waals surface area contributed by atoms with E-state index in [4.69, 9.17) is 5.26 Å². The number of carbonyl (C=O) groups is 1. The Hall–Kier alpha value is -3.22. The third kappa shape index (κ3) is 4.31. The van der Waals surface area contributed by atoms with Crippen LogP contribution in [0.1, 0.15) is 15.9 Å². The first kappa shape index (κ1) is 18.6. The fraction of sp³-hybridized carbons (Fsp3) is 0. The second kappa shape index (κ2) is 7.57. The molecule has 0 fully saturated rings. The highest BCUT2D eigenvalue weighted by Crippen LogP contribution is 2.24. The Morgan fingerprint density at radius 2 is 1.85 bits per heavy atom. The quantitative estimate of drug-likeness (QED) is 0.679. The lowest BCUT2D eigenvalue weighted by Gasteiger charge is -2.10. The van der Waals surface area contributed by atoms with Gasteiger partial charge in [-0.05, 0) is 53.9 Å². The van der Waals surface area contributed by atoms with Crippen LogP contribution in [0.15, 0.2) is 64.9 Å². The number of halogens is 1. The summed E-state index contributed by atoms with van der Waals surface area (Å²) >= 11 is 1.21. The van der Waals surface area contributed by atoms with Crippen molar-refractivity contribution < 1.29 is 17.6 Å². The minimum atomic E-state index is -3.92. The molecule has 9 heteroatoms. The number of carbonyl (C=O) groups excluding carboxylic acids is 1. The maximum absolute atomic E-state index is 13.0. The number of nitrogens with zero attached hydrogens (tertiary/aromatic N) is 1. The molecular weight excluding hydrogens is 389 g/mol. The van der Waals surface area contributed by atoms with Gasteiger partial charge in [0.05, 0.1) is 10.5 Å². The Morgan fingerprint density at radius 1 is 1.11 bits per heavy atom. The van der Waals surface area contributed by atoms with Gasteiger partial charge in [-0.3, -0.25) is 9.52 Å². The van der Waals surface area contributed by atoms with Gasteiger partial charge >= 0.3 is 0 Å². The van der Waals surface area contributed by atoms with Gasteiger partial charge < -0.3 is 5.32 Å². The van der Waals surface area contributed by atoms with Crippen molar-refractivity contribution in [3.63, 3.8) is 0 Å². The van der Waals surface area contributed by atoms with E-state index in [0.717, 1.165) is 24.3 Å². The molecule has 0 aliphatic heterocycles. The van der Waals surface area contributed by atoms with Gasteiger partial charge in [-0.1, -0.05) is 6.07 Å². The van der Waals surface area contributed by atoms with Crippen molar-refractivity contribution in [2.45, 2.75) is 4.90 Å². The maximum Gasteiger partial charge on any atom is 0.261 e. The van der Waals surface area contributed by atoms with E-state index in [9.17, 15) is 17.6 Å². The molecule has 1 amide bonds. The van der Waals surface area contributed by atoms with Gasteiger partial charge in [-0.25, -0.2) is 12.8 Å². The van der Waals surface area contributed by atoms with Crippen LogP contribution in [0.2, 0.25) is 0 Å². The summed E-state index contributed by atoms with van der Waals surface area (Å²) in [5.74, 6) is -1.02. The van der Waals surface area contributed by atoms with Crippen LogP contribution in [0.5, 0.6) is 0 Å². The zero-order valence-electron chi connectivity index (χ0n) is 13.6. The summed E-state index contributed by atoms with van der Waals surface area (Å²) in [5.41, 5.74) is 0.742. The van der Waals surface area contributed by atoms with E-state index in [1.165, 1.54) is 35.6 Å². The monoisotopic (exact) mass is 401 g/mol. The predicted molar refractivity (Wildman–Crippen MR) is 101 cm³/mol. The first-order chi connectivity index (χ1) is 12.9. The first-order valence-corrected chi connectivity index (χ1v) is 9.93. The number of amides is 1. The molecule has 1 aromatic heterocycles. The Morgan fingerprint density at radius 3 is 2.56 bits per heavy atom. The number of benzene rings is 2. The zero-order chi connectivity index (χ0) is 19.4. The van der Waals surface area contributed by atoms with Crippen LogP contribution < -0.4 is 10.0 Å². The summed E-state index contributed by atoms with van der Waals surface area (Å²) in [6.45, 7) is 0. The van der Waals surface area contributed by atoms with Gasteiger partial charge in [0.15, 0.2) is 0 Å². The minimum absolute atomic E-state index is 0.101. The molecule has 0 atom stereocenters. The third-order valence-corrected chi connectivity index (χ3v) is 5.74. The molecule has 136 valence electrons. The van der Waals surface area contributed by atoms with Crippen molar-refractivity contribution >= 4 is 38.0 Å². The Bertz CT molecular complexity index is 1130. The second-order valence-corrected chi connectivity index (χ2v) is 7.97. The molecule has 3 aromatic rings. The molecule has 0 unspecified atom stereocenters. The SMILES string of the molecule is N#Cc1ccsc1NC(=O)c1cccc(NS(=O)(=O)c2ccc(F)cc2)c1. The molecule has 1 heterocycles. The van der Waals surface area contributed by atoms with Crippen LogP contribution >= 0.6 is 11.3 Å². The first-order valence-electron chi connectivity index (χ1n) is 7.56. The number of anilines is 2. The zero-order valence-corrected chi connectivity index (χ0v) is 15.3. The summed E-state index contributed by atoms with van der Waals surface area (Å²) in [4.78, 5) is 12.3. The topological polar surface area (TPSA) is 99.1 Å². The number of nitrogens with one attached hydrogen (secondary N) is 2. The molecular formula is C18H12FN3O3S2. The number of sulfonamides is 1. The minimum Gasteiger partial charge on any atom is -0.312 e. The number of rotatable bonds is 5. The summed E-state index contributed by atoms with van der Waals surface area (Å²) in [6, 6.07) is 13.9. The second-order valence-electron chi connectivity index (χ2n) is 5.37. The van der Waals surface area contributed by atoms with Gasteiger partial charge in [0.2, 0.25) is 0 Å². The number of hydrogen-bond acceptors (Lipinski definition) is 5. The van der Waals surface area contributed by atoms with E-state index in [-0.39, 0.29) is 16.1 Å². The van der Waals surface area contributed by atoms with Crippen LogP contribution in [0.25, 0.3) is 0 Å². The molecule has 0 spiro atoms. The van der Waals surface area contributed by atoms with Crippen molar-refractivity contribution in [3.8, 4) is 6.07 Å². The van der Waals surface area contributed by atoms with E-state index in [1.807, 2.05) is 6.07 Å². The van der Waals surface area contributed by atoms with E-state index in [1.54, 1.807) is 11.4 Å².